The molecule has 0 aliphatic rings. The number of phenols is 2. The number of hydrogen-bond acceptors (Lipinski definition) is 2. The summed E-state index contributed by atoms with van der Waals surface area (Å²) in [4.78, 5) is 0. The van der Waals surface area contributed by atoms with E-state index < -0.39 is 0 Å². The molecule has 31 heavy (non-hydrogen) atoms. The second-order valence-corrected chi connectivity index (χ2v) is 8.73. The van der Waals surface area contributed by atoms with Crippen molar-refractivity contribution in [2.24, 2.45) is 0 Å². The van der Waals surface area contributed by atoms with Crippen LogP contribution >= 0.6 is 8.58 Å². The van der Waals surface area contributed by atoms with E-state index in [2.05, 4.69) is 0 Å². The summed E-state index contributed by atoms with van der Waals surface area (Å²) in [5.74, 6) is 0.434. The van der Waals surface area contributed by atoms with Crippen LogP contribution in [0.1, 0.15) is 0 Å². The van der Waals surface area contributed by atoms with E-state index in [4.69, 9.17) is 0 Å². The van der Waals surface area contributed by atoms with Gasteiger partial charge < -0.3 is 10.2 Å². The van der Waals surface area contributed by atoms with Gasteiger partial charge in [-0.3, -0.25) is 0 Å². The van der Waals surface area contributed by atoms with E-state index in [0.29, 0.717) is 16.3 Å². The summed E-state index contributed by atoms with van der Waals surface area (Å²) in [7, 11) is 0.213. The zero-order valence-corrected chi connectivity index (χ0v) is 17.8. The van der Waals surface area contributed by atoms with Crippen LogP contribution in [0.25, 0.3) is 33.0 Å². The van der Waals surface area contributed by atoms with E-state index in [1.165, 1.54) is 0 Å². The highest BCUT2D eigenvalue weighted by Gasteiger charge is 2.22. The maximum absolute atomic E-state index is 11.6. The van der Waals surface area contributed by atoms with E-state index in [1.54, 1.807) is 0 Å². The van der Waals surface area contributed by atoms with Crippen molar-refractivity contribution in [1.29, 1.82) is 0 Å². The van der Waals surface area contributed by atoms with Crippen LogP contribution in [0.5, 0.6) is 11.5 Å². The summed E-state index contributed by atoms with van der Waals surface area (Å²) >= 11 is 0. The molecule has 2 N–H and O–H groups in total. The molecule has 3 heteroatoms. The molecule has 0 saturated heterocycles. The second kappa shape index (κ2) is 8.26. The molecule has 0 fully saturated rings. The molecule has 0 aliphatic carbocycles. The first-order valence-corrected chi connectivity index (χ1v) is 11.2. The van der Waals surface area contributed by atoms with Crippen LogP contribution in [-0.4, -0.2) is 10.2 Å². The smallest absolute Gasteiger partial charge is 0.132 e. The SMILES string of the molecule is Oc1c(Pc2ccccc2)c(-c2ccccc2)c(O)c2c(-c3ccccc3)cccc12. The Morgan fingerprint density at radius 1 is 0.516 bits per heavy atom. The maximum Gasteiger partial charge on any atom is 0.132 e. The van der Waals surface area contributed by atoms with Gasteiger partial charge in [-0.2, -0.15) is 0 Å². The van der Waals surface area contributed by atoms with Gasteiger partial charge in [-0.25, -0.2) is 0 Å². The van der Waals surface area contributed by atoms with Gasteiger partial charge in [-0.15, -0.1) is 0 Å². The Labute approximate surface area is 183 Å². The van der Waals surface area contributed by atoms with E-state index in [1.807, 2.05) is 109 Å². The predicted octanol–water partition coefficient (Wildman–Crippen LogP) is 6.21. The Hall–Kier alpha value is -3.61. The number of hydrogen-bond donors (Lipinski definition) is 2. The fourth-order valence-corrected chi connectivity index (χ4v) is 5.32. The predicted molar refractivity (Wildman–Crippen MR) is 132 cm³/mol. The van der Waals surface area contributed by atoms with Crippen molar-refractivity contribution >= 4 is 30.0 Å². The van der Waals surface area contributed by atoms with E-state index in [-0.39, 0.29) is 20.1 Å². The van der Waals surface area contributed by atoms with Gasteiger partial charge in [0.2, 0.25) is 0 Å². The summed E-state index contributed by atoms with van der Waals surface area (Å²) in [5.41, 5.74) is 3.48. The topological polar surface area (TPSA) is 40.5 Å². The minimum atomic E-state index is 0.205. The summed E-state index contributed by atoms with van der Waals surface area (Å²) in [6.45, 7) is 0. The van der Waals surface area contributed by atoms with Crippen LogP contribution in [0.2, 0.25) is 0 Å². The van der Waals surface area contributed by atoms with Crippen molar-refractivity contribution in [2.45, 2.75) is 0 Å². The van der Waals surface area contributed by atoms with Crippen LogP contribution < -0.4 is 10.6 Å². The Kier molecular flexibility index (Phi) is 5.16. The van der Waals surface area contributed by atoms with E-state index in [0.717, 1.165) is 27.3 Å². The standard InChI is InChI=1S/C28H21O2P/c29-26-23-18-10-17-22(19-11-4-1-5-12-19)25(23)27(30)24(20-13-6-2-7-14-20)28(26)31-21-15-8-3-9-16-21/h1-18,29-31H. The third kappa shape index (κ3) is 3.56. The average molecular weight is 420 g/mol. The molecule has 0 saturated carbocycles. The van der Waals surface area contributed by atoms with Gasteiger partial charge in [0.1, 0.15) is 11.5 Å². The summed E-state index contributed by atoms with van der Waals surface area (Å²) in [5, 5.41) is 26.3. The van der Waals surface area contributed by atoms with Crippen molar-refractivity contribution < 1.29 is 10.2 Å². The number of fused-ring (bicyclic) bond motifs is 1. The highest BCUT2D eigenvalue weighted by Crippen LogP contribution is 2.46. The molecule has 2 nitrogen and oxygen atoms in total. The van der Waals surface area contributed by atoms with Gasteiger partial charge in [0, 0.05) is 21.6 Å². The normalized spacial score (nSPS) is 11.4. The Morgan fingerprint density at radius 2 is 1.10 bits per heavy atom. The quantitative estimate of drug-likeness (QED) is 0.268. The van der Waals surface area contributed by atoms with E-state index in [9.17, 15) is 10.2 Å². The first-order valence-electron chi connectivity index (χ1n) is 10.2. The van der Waals surface area contributed by atoms with Crippen LogP contribution in [0.3, 0.4) is 0 Å². The van der Waals surface area contributed by atoms with Gasteiger partial charge in [0.15, 0.2) is 0 Å². The lowest BCUT2D eigenvalue weighted by molar-refractivity contribution is 0.475. The van der Waals surface area contributed by atoms with Crippen LogP contribution in [0, 0.1) is 0 Å². The summed E-state index contributed by atoms with van der Waals surface area (Å²) in [6.07, 6.45) is 0. The van der Waals surface area contributed by atoms with Crippen LogP contribution in [0.4, 0.5) is 0 Å². The van der Waals surface area contributed by atoms with Crippen molar-refractivity contribution in [1.82, 2.24) is 0 Å². The Balaban J connectivity index is 1.86. The fraction of sp³-hybridized carbons (Fsp3) is 0. The monoisotopic (exact) mass is 420 g/mol. The van der Waals surface area contributed by atoms with E-state index >= 15 is 0 Å². The third-order valence-corrected chi connectivity index (χ3v) is 6.83. The highest BCUT2D eigenvalue weighted by molar-refractivity contribution is 7.56. The minimum Gasteiger partial charge on any atom is -0.507 e. The van der Waals surface area contributed by atoms with Gasteiger partial charge >= 0.3 is 0 Å². The van der Waals surface area contributed by atoms with Crippen LogP contribution in [-0.2, 0) is 0 Å². The largest absolute Gasteiger partial charge is 0.507 e. The first-order chi connectivity index (χ1) is 15.2. The number of rotatable bonds is 4. The lowest BCUT2D eigenvalue weighted by Crippen LogP contribution is -2.08. The highest BCUT2D eigenvalue weighted by atomic mass is 31.1. The molecule has 0 spiro atoms. The van der Waals surface area contributed by atoms with Crippen LogP contribution in [0.15, 0.2) is 109 Å². The number of benzene rings is 5. The average Bonchev–Trinajstić information content (AvgIpc) is 2.84. The van der Waals surface area contributed by atoms with Crippen molar-refractivity contribution in [3.63, 3.8) is 0 Å². The lowest BCUT2D eigenvalue weighted by Gasteiger charge is -2.19. The van der Waals surface area contributed by atoms with Crippen molar-refractivity contribution in [2.75, 3.05) is 0 Å². The zero-order valence-electron chi connectivity index (χ0n) is 16.8. The second-order valence-electron chi connectivity index (χ2n) is 7.40. The molecule has 0 aliphatic heterocycles. The summed E-state index contributed by atoms with van der Waals surface area (Å²) in [6, 6.07) is 35.7. The molecule has 150 valence electrons. The minimum absolute atomic E-state index is 0.205. The molecule has 0 aromatic heterocycles. The molecular formula is C28H21O2P. The van der Waals surface area contributed by atoms with Crippen molar-refractivity contribution in [3.05, 3.63) is 109 Å². The molecule has 0 heterocycles. The van der Waals surface area contributed by atoms with Gasteiger partial charge in [-0.05, 0) is 22.0 Å². The van der Waals surface area contributed by atoms with Gasteiger partial charge in [0.05, 0.1) is 0 Å². The molecule has 0 radical (unpaired) electrons. The summed E-state index contributed by atoms with van der Waals surface area (Å²) < 4.78 is 0. The molecular weight excluding hydrogens is 399 g/mol. The Bertz CT molecular complexity index is 1350. The molecule has 5 aromatic rings. The Morgan fingerprint density at radius 3 is 1.74 bits per heavy atom. The molecule has 5 aromatic carbocycles. The van der Waals surface area contributed by atoms with Gasteiger partial charge in [-0.1, -0.05) is 118 Å². The van der Waals surface area contributed by atoms with Crippen molar-refractivity contribution in [3.8, 4) is 33.8 Å². The fourth-order valence-electron chi connectivity index (χ4n) is 4.03. The third-order valence-electron chi connectivity index (χ3n) is 5.47. The molecule has 0 bridgehead atoms. The molecule has 5 rings (SSSR count). The van der Waals surface area contributed by atoms with Gasteiger partial charge in [0.25, 0.3) is 0 Å². The number of aromatic hydroxyl groups is 2. The lowest BCUT2D eigenvalue weighted by atomic mass is 9.93. The molecule has 0 amide bonds. The molecule has 1 atom stereocenters. The number of phenolic OH excluding ortho intramolecular Hbond substituents is 2. The zero-order chi connectivity index (χ0) is 21.2. The first kappa shape index (κ1) is 19.4. The maximum atomic E-state index is 11.6. The molecule has 1 unspecified atom stereocenters.